The van der Waals surface area contributed by atoms with Crippen molar-refractivity contribution >= 4 is 5.96 Å². The van der Waals surface area contributed by atoms with Crippen LogP contribution in [0.25, 0.3) is 0 Å². The summed E-state index contributed by atoms with van der Waals surface area (Å²) in [6, 6.07) is 11.9. The van der Waals surface area contributed by atoms with Crippen LogP contribution >= 0.6 is 0 Å². The minimum Gasteiger partial charge on any atom is -0.439 e. The largest absolute Gasteiger partial charge is 0.439 e. The standard InChI is InChI=1S/C21H26N6O/c1-15-5-6-19(11-16(15)2)28-20-12-17(7-9-23-20)13-24-21(22-3)25-14-18-8-10-26-27(18)4/h5-12H,13-14H2,1-4H3,(H2,22,24,25). The molecule has 0 unspecified atom stereocenters. The minimum absolute atomic E-state index is 0.570. The highest BCUT2D eigenvalue weighted by atomic mass is 16.5. The second-order valence-corrected chi connectivity index (χ2v) is 6.58. The number of hydrogen-bond donors (Lipinski definition) is 2. The van der Waals surface area contributed by atoms with Gasteiger partial charge in [-0.1, -0.05) is 6.07 Å². The third-order valence-corrected chi connectivity index (χ3v) is 4.54. The summed E-state index contributed by atoms with van der Waals surface area (Å²) in [6.45, 7) is 5.41. The van der Waals surface area contributed by atoms with Crippen LogP contribution in [0.5, 0.6) is 11.6 Å². The molecule has 0 fully saturated rings. The van der Waals surface area contributed by atoms with Crippen LogP contribution in [0, 0.1) is 13.8 Å². The third kappa shape index (κ3) is 5.09. The van der Waals surface area contributed by atoms with E-state index in [-0.39, 0.29) is 0 Å². The second-order valence-electron chi connectivity index (χ2n) is 6.58. The predicted octanol–water partition coefficient (Wildman–Crippen LogP) is 3.09. The van der Waals surface area contributed by atoms with E-state index in [0.717, 1.165) is 23.0 Å². The van der Waals surface area contributed by atoms with Crippen molar-refractivity contribution in [3.05, 3.63) is 71.2 Å². The van der Waals surface area contributed by atoms with Crippen LogP contribution < -0.4 is 15.4 Å². The zero-order valence-electron chi connectivity index (χ0n) is 16.7. The number of hydrogen-bond acceptors (Lipinski definition) is 4. The molecule has 146 valence electrons. The topological polar surface area (TPSA) is 76.4 Å². The van der Waals surface area contributed by atoms with Gasteiger partial charge in [0.05, 0.1) is 12.2 Å². The van der Waals surface area contributed by atoms with Gasteiger partial charge in [-0.15, -0.1) is 0 Å². The van der Waals surface area contributed by atoms with Crippen LogP contribution in [0.1, 0.15) is 22.4 Å². The molecule has 0 amide bonds. The lowest BCUT2D eigenvalue weighted by Gasteiger charge is -2.13. The molecule has 0 aliphatic rings. The fourth-order valence-corrected chi connectivity index (χ4v) is 2.67. The molecule has 0 radical (unpaired) electrons. The first-order valence-corrected chi connectivity index (χ1v) is 9.16. The highest BCUT2D eigenvalue weighted by Gasteiger charge is 2.05. The summed E-state index contributed by atoms with van der Waals surface area (Å²) in [5, 5.41) is 10.7. The molecule has 0 aliphatic carbocycles. The number of pyridine rings is 1. The van der Waals surface area contributed by atoms with Crippen molar-refractivity contribution in [1.29, 1.82) is 0 Å². The van der Waals surface area contributed by atoms with Crippen LogP contribution in [-0.4, -0.2) is 27.8 Å². The lowest BCUT2D eigenvalue weighted by atomic mass is 10.1. The van der Waals surface area contributed by atoms with Crippen molar-refractivity contribution in [2.75, 3.05) is 7.05 Å². The van der Waals surface area contributed by atoms with Crippen molar-refractivity contribution in [3.8, 4) is 11.6 Å². The predicted molar refractivity (Wildman–Crippen MR) is 110 cm³/mol. The van der Waals surface area contributed by atoms with Crippen LogP contribution in [0.3, 0.4) is 0 Å². The van der Waals surface area contributed by atoms with Gasteiger partial charge in [0.15, 0.2) is 5.96 Å². The maximum absolute atomic E-state index is 5.90. The number of aryl methyl sites for hydroxylation is 3. The summed E-state index contributed by atoms with van der Waals surface area (Å²) < 4.78 is 7.74. The summed E-state index contributed by atoms with van der Waals surface area (Å²) in [4.78, 5) is 8.57. The summed E-state index contributed by atoms with van der Waals surface area (Å²) in [6.07, 6.45) is 3.53. The van der Waals surface area contributed by atoms with Crippen LogP contribution in [0.2, 0.25) is 0 Å². The molecule has 0 atom stereocenters. The molecule has 1 aromatic carbocycles. The Hall–Kier alpha value is -3.35. The summed E-state index contributed by atoms with van der Waals surface area (Å²) in [5.41, 5.74) is 4.56. The van der Waals surface area contributed by atoms with Crippen molar-refractivity contribution in [1.82, 2.24) is 25.4 Å². The Morgan fingerprint density at radius 2 is 1.86 bits per heavy atom. The summed E-state index contributed by atoms with van der Waals surface area (Å²) >= 11 is 0. The van der Waals surface area contributed by atoms with Crippen LogP contribution in [0.15, 0.2) is 53.8 Å². The van der Waals surface area contributed by atoms with E-state index >= 15 is 0 Å². The second kappa shape index (κ2) is 9.03. The number of aromatic nitrogens is 3. The van der Waals surface area contributed by atoms with Crippen molar-refractivity contribution in [3.63, 3.8) is 0 Å². The Kier molecular flexibility index (Phi) is 6.26. The summed E-state index contributed by atoms with van der Waals surface area (Å²) in [5.74, 6) is 2.07. The van der Waals surface area contributed by atoms with Crippen LogP contribution in [-0.2, 0) is 20.1 Å². The van der Waals surface area contributed by atoms with Crippen molar-refractivity contribution in [2.45, 2.75) is 26.9 Å². The van der Waals surface area contributed by atoms with Crippen LogP contribution in [0.4, 0.5) is 0 Å². The van der Waals surface area contributed by atoms with Gasteiger partial charge >= 0.3 is 0 Å². The van der Waals surface area contributed by atoms with Crippen molar-refractivity contribution < 1.29 is 4.74 Å². The molecule has 2 heterocycles. The molecule has 0 spiro atoms. The number of guanidine groups is 1. The molecule has 0 saturated carbocycles. The van der Waals surface area contributed by atoms with E-state index in [1.807, 2.05) is 48.1 Å². The molecule has 3 aromatic rings. The van der Waals surface area contributed by atoms with Gasteiger partial charge in [-0.25, -0.2) is 4.98 Å². The Labute approximate surface area is 165 Å². The van der Waals surface area contributed by atoms with Gasteiger partial charge < -0.3 is 15.4 Å². The van der Waals surface area contributed by atoms with Crippen molar-refractivity contribution in [2.24, 2.45) is 12.0 Å². The number of aliphatic imine (C=N–C) groups is 1. The van der Waals surface area contributed by atoms with E-state index in [9.17, 15) is 0 Å². The van der Waals surface area contributed by atoms with Gasteiger partial charge in [0.25, 0.3) is 0 Å². The van der Waals surface area contributed by atoms with E-state index in [1.54, 1.807) is 19.4 Å². The zero-order valence-corrected chi connectivity index (χ0v) is 16.7. The lowest BCUT2D eigenvalue weighted by molar-refractivity contribution is 0.461. The maximum Gasteiger partial charge on any atom is 0.219 e. The minimum atomic E-state index is 0.570. The zero-order chi connectivity index (χ0) is 19.9. The average molecular weight is 378 g/mol. The Morgan fingerprint density at radius 1 is 1.04 bits per heavy atom. The van der Waals surface area contributed by atoms with Gasteiger partial charge in [-0.05, 0) is 54.8 Å². The molecule has 2 N–H and O–H groups in total. The number of benzene rings is 1. The molecule has 7 nitrogen and oxygen atoms in total. The average Bonchev–Trinajstić information content (AvgIpc) is 3.10. The summed E-state index contributed by atoms with van der Waals surface area (Å²) in [7, 11) is 3.67. The van der Waals surface area contributed by atoms with E-state index in [1.165, 1.54) is 11.1 Å². The van der Waals surface area contributed by atoms with Gasteiger partial charge in [-0.2, -0.15) is 5.10 Å². The Bertz CT molecular complexity index is 963. The van der Waals surface area contributed by atoms with E-state index in [0.29, 0.717) is 19.0 Å². The maximum atomic E-state index is 5.90. The highest BCUT2D eigenvalue weighted by Crippen LogP contribution is 2.22. The third-order valence-electron chi connectivity index (χ3n) is 4.54. The molecule has 3 rings (SSSR count). The molecular weight excluding hydrogens is 352 g/mol. The molecule has 0 aliphatic heterocycles. The van der Waals surface area contributed by atoms with Gasteiger partial charge in [-0.3, -0.25) is 9.67 Å². The fourth-order valence-electron chi connectivity index (χ4n) is 2.67. The normalized spacial score (nSPS) is 11.4. The number of nitrogens with zero attached hydrogens (tertiary/aromatic N) is 4. The Balaban J connectivity index is 1.57. The SMILES string of the molecule is CN=C(NCc1ccnc(Oc2ccc(C)c(C)c2)c1)NCc1ccnn1C. The Morgan fingerprint density at radius 3 is 2.57 bits per heavy atom. The monoisotopic (exact) mass is 378 g/mol. The molecule has 2 aromatic heterocycles. The van der Waals surface area contributed by atoms with Gasteiger partial charge in [0.1, 0.15) is 5.75 Å². The van der Waals surface area contributed by atoms with E-state index < -0.39 is 0 Å². The molecule has 28 heavy (non-hydrogen) atoms. The first-order chi connectivity index (χ1) is 13.5. The smallest absolute Gasteiger partial charge is 0.219 e. The fraction of sp³-hybridized carbons (Fsp3) is 0.286. The first kappa shape index (κ1) is 19.4. The highest BCUT2D eigenvalue weighted by molar-refractivity contribution is 5.79. The number of nitrogens with one attached hydrogen (secondary N) is 2. The molecule has 7 heteroatoms. The van der Waals surface area contributed by atoms with E-state index in [4.69, 9.17) is 4.74 Å². The van der Waals surface area contributed by atoms with Gasteiger partial charge in [0.2, 0.25) is 5.88 Å². The van der Waals surface area contributed by atoms with Gasteiger partial charge in [0, 0.05) is 39.1 Å². The lowest BCUT2D eigenvalue weighted by Crippen LogP contribution is -2.36. The van der Waals surface area contributed by atoms with E-state index in [2.05, 4.69) is 39.6 Å². The quantitative estimate of drug-likeness (QED) is 0.509. The molecular formula is C21H26N6O. The number of ether oxygens (including phenoxy) is 1. The molecule has 0 saturated heterocycles. The molecule has 0 bridgehead atoms. The first-order valence-electron chi connectivity index (χ1n) is 9.16. The number of rotatable bonds is 6.